The number of halogens is 1. The molecule has 0 amide bonds. The lowest BCUT2D eigenvalue weighted by molar-refractivity contribution is 0.0696. The number of rotatable bonds is 5. The number of hydrogen-bond donors (Lipinski definition) is 2. The second-order valence-corrected chi connectivity index (χ2v) is 6.19. The maximum Gasteiger partial charge on any atom is 0.342 e. The maximum absolute atomic E-state index is 11.5. The Hall–Kier alpha value is -1.74. The number of aliphatic hydroxyl groups is 1. The molecule has 0 saturated carbocycles. The third-order valence-corrected chi connectivity index (χ3v) is 4.73. The number of aromatic carboxylic acids is 1. The molecule has 0 aliphatic rings. The lowest BCUT2D eigenvalue weighted by atomic mass is 10.1. The highest BCUT2D eigenvalue weighted by Crippen LogP contribution is 2.34. The van der Waals surface area contributed by atoms with Crippen LogP contribution in [0.3, 0.4) is 0 Å². The summed E-state index contributed by atoms with van der Waals surface area (Å²) in [6.45, 7) is -0.0930. The maximum atomic E-state index is 11.5. The molecule has 6 nitrogen and oxygen atoms in total. The largest absolute Gasteiger partial charge is 0.491 e. The Bertz CT molecular complexity index is 727. The van der Waals surface area contributed by atoms with Gasteiger partial charge in [0.05, 0.1) is 15.7 Å². The Labute approximate surface area is 121 Å². The van der Waals surface area contributed by atoms with E-state index in [1.807, 2.05) is 0 Å². The van der Waals surface area contributed by atoms with Crippen molar-refractivity contribution in [1.82, 2.24) is 0 Å². The summed E-state index contributed by atoms with van der Waals surface area (Å²) in [4.78, 5) is 11.1. The molecule has 0 atom stereocenters. The summed E-state index contributed by atoms with van der Waals surface area (Å²) in [7, 11) is 0. The summed E-state index contributed by atoms with van der Waals surface area (Å²) in [6, 6.07) is 7.53. The summed E-state index contributed by atoms with van der Waals surface area (Å²) in [6.07, 6.45) is 0. The van der Waals surface area contributed by atoms with Crippen LogP contribution in [0.15, 0.2) is 30.3 Å². The molecule has 0 unspecified atom stereocenters. The molecule has 106 valence electrons. The van der Waals surface area contributed by atoms with E-state index in [9.17, 15) is 10.9 Å². The fourth-order valence-corrected chi connectivity index (χ4v) is 3.73. The molecule has 0 aliphatic heterocycles. The zero-order chi connectivity index (χ0) is 14.7. The Morgan fingerprint density at radius 1 is 1.15 bits per heavy atom. The summed E-state index contributed by atoms with van der Waals surface area (Å²) in [5, 5.41) is 18.7. The molecule has 0 spiro atoms. The fraction of sp³-hybridized carbons (Fsp3) is 0.154. The smallest absolute Gasteiger partial charge is 0.342 e. The molecule has 0 aliphatic carbocycles. The van der Waals surface area contributed by atoms with Crippen LogP contribution in [-0.4, -0.2) is 29.4 Å². The molecule has 0 heterocycles. The minimum Gasteiger partial charge on any atom is -0.491 e. The lowest BCUT2D eigenvalue weighted by Gasteiger charge is -2.10. The van der Waals surface area contributed by atoms with Crippen molar-refractivity contribution < 1.29 is 25.9 Å². The highest BCUT2D eigenvalue weighted by Gasteiger charge is 2.18. The predicted octanol–water partition coefficient (Wildman–Crippen LogP) is 2.28. The van der Waals surface area contributed by atoms with Crippen molar-refractivity contribution in [2.45, 2.75) is 0 Å². The number of fused-ring (bicyclic) bond motifs is 1. The first-order valence-electron chi connectivity index (χ1n) is 5.64. The third-order valence-electron chi connectivity index (χ3n) is 2.69. The van der Waals surface area contributed by atoms with E-state index in [1.165, 1.54) is 12.1 Å². The predicted molar refractivity (Wildman–Crippen MR) is 77.6 cm³/mol. The van der Waals surface area contributed by atoms with Gasteiger partial charge in [-0.3, -0.25) is 0 Å². The van der Waals surface area contributed by atoms with Gasteiger partial charge >= 0.3 is 25.8 Å². The number of carboxylic acids is 1. The van der Waals surface area contributed by atoms with Crippen molar-refractivity contribution in [2.75, 3.05) is 13.2 Å². The quantitative estimate of drug-likeness (QED) is 0.760. The average molecular weight is 390 g/mol. The van der Waals surface area contributed by atoms with Crippen LogP contribution in [0.4, 0.5) is 0 Å². The second-order valence-electron chi connectivity index (χ2n) is 3.87. The molecule has 7 heteroatoms. The Morgan fingerprint density at radius 2 is 1.90 bits per heavy atom. The first-order valence-corrected chi connectivity index (χ1v) is 8.48. The molecule has 2 aromatic carbocycles. The number of benzene rings is 2. The minimum atomic E-state index is -3.99. The SMILES string of the molecule is O=C(O)c1ccc2c(OCCO)cccc2c1I(=O)=O. The van der Waals surface area contributed by atoms with Crippen molar-refractivity contribution in [3.63, 3.8) is 0 Å². The molecular weight excluding hydrogens is 379 g/mol. The summed E-state index contributed by atoms with van der Waals surface area (Å²) < 4.78 is 28.1. The molecule has 2 rings (SSSR count). The zero-order valence-corrected chi connectivity index (χ0v) is 12.4. The van der Waals surface area contributed by atoms with Gasteiger partial charge < -0.3 is 14.9 Å². The van der Waals surface area contributed by atoms with E-state index >= 15 is 0 Å². The topological polar surface area (TPSA) is 101 Å². The first kappa shape index (κ1) is 14.7. The first-order chi connectivity index (χ1) is 9.56. The second kappa shape index (κ2) is 6.14. The summed E-state index contributed by atoms with van der Waals surface area (Å²) in [5.41, 5.74) is -0.230. The molecule has 0 saturated heterocycles. The van der Waals surface area contributed by atoms with Gasteiger partial charge in [0.25, 0.3) is 0 Å². The van der Waals surface area contributed by atoms with E-state index in [4.69, 9.17) is 14.9 Å². The van der Waals surface area contributed by atoms with Gasteiger partial charge in [0.2, 0.25) is 0 Å². The van der Waals surface area contributed by atoms with Gasteiger partial charge in [-0.15, -0.1) is 0 Å². The van der Waals surface area contributed by atoms with Crippen LogP contribution in [0.5, 0.6) is 5.75 Å². The number of carboxylic acid groups (broad SMARTS) is 1. The van der Waals surface area contributed by atoms with Gasteiger partial charge in [0, 0.05) is 10.8 Å². The monoisotopic (exact) mass is 390 g/mol. The minimum absolute atomic E-state index is 0.0756. The van der Waals surface area contributed by atoms with E-state index in [0.29, 0.717) is 16.5 Å². The molecule has 0 bridgehead atoms. The van der Waals surface area contributed by atoms with Gasteiger partial charge in [-0.05, 0) is 18.2 Å². The highest BCUT2D eigenvalue weighted by molar-refractivity contribution is 14.2. The Kier molecular flexibility index (Phi) is 4.50. The molecule has 20 heavy (non-hydrogen) atoms. The number of aliphatic hydroxyl groups excluding tert-OH is 1. The van der Waals surface area contributed by atoms with E-state index in [2.05, 4.69) is 0 Å². The molecule has 0 fully saturated rings. The number of ether oxygens (including phenoxy) is 1. The lowest BCUT2D eigenvalue weighted by Crippen LogP contribution is -2.04. The van der Waals surface area contributed by atoms with E-state index in [1.54, 1.807) is 18.2 Å². The van der Waals surface area contributed by atoms with Crippen molar-refractivity contribution >= 4 is 36.5 Å². The normalized spacial score (nSPS) is 10.9. The van der Waals surface area contributed by atoms with Crippen LogP contribution in [0.25, 0.3) is 10.8 Å². The van der Waals surface area contributed by atoms with Gasteiger partial charge in [0.15, 0.2) is 0 Å². The average Bonchev–Trinajstić information content (AvgIpc) is 2.43. The summed E-state index contributed by atoms with van der Waals surface area (Å²) >= 11 is -3.99. The van der Waals surface area contributed by atoms with Gasteiger partial charge in [-0.2, -0.15) is 0 Å². The van der Waals surface area contributed by atoms with Crippen LogP contribution >= 0.6 is 19.8 Å². The van der Waals surface area contributed by atoms with Gasteiger partial charge in [0.1, 0.15) is 12.4 Å². The van der Waals surface area contributed by atoms with Crippen LogP contribution in [0.1, 0.15) is 10.4 Å². The molecule has 0 aromatic heterocycles. The van der Waals surface area contributed by atoms with Crippen molar-refractivity contribution in [3.8, 4) is 5.75 Å². The fourth-order valence-electron chi connectivity index (χ4n) is 1.91. The van der Waals surface area contributed by atoms with Crippen LogP contribution in [0, 0.1) is 3.57 Å². The van der Waals surface area contributed by atoms with E-state index in [-0.39, 0.29) is 22.3 Å². The Balaban J connectivity index is 2.75. The molecule has 2 N–H and O–H groups in total. The van der Waals surface area contributed by atoms with Gasteiger partial charge in [-0.1, -0.05) is 12.1 Å². The molecule has 2 aromatic rings. The van der Waals surface area contributed by atoms with E-state index in [0.717, 1.165) is 0 Å². The van der Waals surface area contributed by atoms with Crippen molar-refractivity contribution in [3.05, 3.63) is 39.5 Å². The van der Waals surface area contributed by atoms with Crippen LogP contribution in [-0.2, 0) is 6.14 Å². The Morgan fingerprint density at radius 3 is 2.50 bits per heavy atom. The summed E-state index contributed by atoms with van der Waals surface area (Å²) in [5.74, 6) is -0.870. The van der Waals surface area contributed by atoms with Crippen LogP contribution in [0.2, 0.25) is 0 Å². The van der Waals surface area contributed by atoms with Crippen molar-refractivity contribution in [1.29, 1.82) is 0 Å². The number of carbonyl (C=O) groups is 1. The van der Waals surface area contributed by atoms with Crippen molar-refractivity contribution in [2.24, 2.45) is 0 Å². The standard InChI is InChI=1S/C13H11IO6/c15-6-7-20-11-3-1-2-9-8(11)4-5-10(13(16)17)12(9)14(18)19/h1-5,15H,6-7H2,(H,16,17). The molecular formula is C13H11IO6. The number of hydrogen-bond acceptors (Lipinski definition) is 5. The van der Waals surface area contributed by atoms with Gasteiger partial charge in [-0.25, -0.2) is 10.9 Å². The highest BCUT2D eigenvalue weighted by atomic mass is 127. The third kappa shape index (κ3) is 2.73. The van der Waals surface area contributed by atoms with E-state index < -0.39 is 25.8 Å². The van der Waals surface area contributed by atoms with Crippen LogP contribution < -0.4 is 4.74 Å². The zero-order valence-electron chi connectivity index (χ0n) is 10.2. The molecule has 0 radical (unpaired) electrons.